The van der Waals surface area contributed by atoms with Crippen molar-refractivity contribution in [2.24, 2.45) is 11.7 Å². The lowest BCUT2D eigenvalue weighted by molar-refractivity contribution is -0.115. The van der Waals surface area contributed by atoms with Gasteiger partial charge in [-0.25, -0.2) is 0 Å². The van der Waals surface area contributed by atoms with Gasteiger partial charge in [0.05, 0.1) is 17.4 Å². The minimum absolute atomic E-state index is 0.121. The van der Waals surface area contributed by atoms with Crippen molar-refractivity contribution in [1.82, 2.24) is 10.2 Å². The van der Waals surface area contributed by atoms with Crippen LogP contribution in [0.5, 0.6) is 0 Å². The van der Waals surface area contributed by atoms with E-state index in [0.29, 0.717) is 12.1 Å². The first-order valence-corrected chi connectivity index (χ1v) is 11.1. The van der Waals surface area contributed by atoms with Crippen LogP contribution in [0.25, 0.3) is 0 Å². The maximum absolute atomic E-state index is 12.9. The Morgan fingerprint density at radius 2 is 1.76 bits per heavy atom. The molecule has 154 valence electrons. The van der Waals surface area contributed by atoms with E-state index in [9.17, 15) is 9.59 Å². The van der Waals surface area contributed by atoms with E-state index in [0.717, 1.165) is 23.9 Å². The second kappa shape index (κ2) is 10.5. The number of primary amides is 1. The van der Waals surface area contributed by atoms with Crippen molar-refractivity contribution >= 4 is 23.6 Å². The van der Waals surface area contributed by atoms with Crippen LogP contribution >= 0.6 is 11.8 Å². The molecule has 2 aromatic rings. The van der Waals surface area contributed by atoms with Crippen LogP contribution in [-0.4, -0.2) is 42.1 Å². The highest BCUT2D eigenvalue weighted by atomic mass is 32.2. The minimum atomic E-state index is -0.395. The molecular formula is C23H29N3O2S. The summed E-state index contributed by atoms with van der Waals surface area (Å²) in [6.45, 7) is 4.94. The number of amides is 2. The van der Waals surface area contributed by atoms with Gasteiger partial charge in [0.25, 0.3) is 5.91 Å². The molecule has 2 amide bonds. The number of hydrogen-bond acceptors (Lipinski definition) is 4. The molecule has 3 rings (SSSR count). The van der Waals surface area contributed by atoms with Gasteiger partial charge in [0.2, 0.25) is 5.91 Å². The highest BCUT2D eigenvalue weighted by molar-refractivity contribution is 8.00. The Labute approximate surface area is 177 Å². The molecule has 0 radical (unpaired) electrons. The third kappa shape index (κ3) is 6.08. The SMILES string of the molecule is CC1CCN(C(CNC(=O)c2ccccc2SCC(N)=O)c2ccccc2)CC1. The number of hydrogen-bond donors (Lipinski definition) is 2. The zero-order valence-corrected chi connectivity index (χ0v) is 17.7. The fourth-order valence-electron chi connectivity index (χ4n) is 3.69. The number of rotatable bonds is 8. The van der Waals surface area contributed by atoms with Gasteiger partial charge in [0, 0.05) is 11.4 Å². The molecule has 1 aliphatic heterocycles. The summed E-state index contributed by atoms with van der Waals surface area (Å²) in [5.41, 5.74) is 7.06. The van der Waals surface area contributed by atoms with E-state index in [4.69, 9.17) is 5.73 Å². The van der Waals surface area contributed by atoms with Gasteiger partial charge in [0.1, 0.15) is 0 Å². The molecule has 6 heteroatoms. The third-order valence-corrected chi connectivity index (χ3v) is 6.50. The maximum Gasteiger partial charge on any atom is 0.252 e. The summed E-state index contributed by atoms with van der Waals surface area (Å²) in [7, 11) is 0. The molecule has 0 saturated carbocycles. The fourth-order valence-corrected chi connectivity index (χ4v) is 4.48. The number of carbonyl (C=O) groups is 2. The quantitative estimate of drug-likeness (QED) is 0.652. The number of likely N-dealkylation sites (tertiary alicyclic amines) is 1. The van der Waals surface area contributed by atoms with Crippen molar-refractivity contribution in [2.45, 2.75) is 30.7 Å². The third-order valence-electron chi connectivity index (χ3n) is 5.40. The standard InChI is InChI=1S/C23H29N3O2S/c1-17-11-13-26(14-12-17)20(18-7-3-2-4-8-18)15-25-23(28)19-9-5-6-10-21(19)29-16-22(24)27/h2-10,17,20H,11-16H2,1H3,(H2,24,27)(H,25,28). The van der Waals surface area contributed by atoms with E-state index >= 15 is 0 Å². The molecule has 0 aliphatic carbocycles. The van der Waals surface area contributed by atoms with E-state index in [1.165, 1.54) is 30.2 Å². The van der Waals surface area contributed by atoms with Gasteiger partial charge in [-0.05, 0) is 49.5 Å². The van der Waals surface area contributed by atoms with Crippen molar-refractivity contribution in [3.8, 4) is 0 Å². The van der Waals surface area contributed by atoms with E-state index in [2.05, 4.69) is 29.3 Å². The Balaban J connectivity index is 1.71. The summed E-state index contributed by atoms with van der Waals surface area (Å²) in [6, 6.07) is 17.9. The fraction of sp³-hybridized carbons (Fsp3) is 0.391. The zero-order chi connectivity index (χ0) is 20.6. The molecule has 3 N–H and O–H groups in total. The highest BCUT2D eigenvalue weighted by Gasteiger charge is 2.25. The lowest BCUT2D eigenvalue weighted by Crippen LogP contribution is -2.42. The first kappa shape index (κ1) is 21.4. The van der Waals surface area contributed by atoms with Gasteiger partial charge in [-0.3, -0.25) is 14.5 Å². The van der Waals surface area contributed by atoms with Gasteiger partial charge >= 0.3 is 0 Å². The second-order valence-electron chi connectivity index (χ2n) is 7.61. The Morgan fingerprint density at radius 1 is 1.10 bits per heavy atom. The van der Waals surface area contributed by atoms with Crippen LogP contribution in [0.3, 0.4) is 0 Å². The van der Waals surface area contributed by atoms with Gasteiger partial charge in [-0.1, -0.05) is 49.4 Å². The van der Waals surface area contributed by atoms with E-state index < -0.39 is 5.91 Å². The topological polar surface area (TPSA) is 75.4 Å². The Hall–Kier alpha value is -2.31. The smallest absolute Gasteiger partial charge is 0.252 e. The maximum atomic E-state index is 12.9. The predicted octanol–water partition coefficient (Wildman–Crippen LogP) is 3.47. The molecule has 1 heterocycles. The van der Waals surface area contributed by atoms with Gasteiger partial charge in [-0.15, -0.1) is 11.8 Å². The number of thioether (sulfide) groups is 1. The summed E-state index contributed by atoms with van der Waals surface area (Å²) in [5, 5.41) is 3.12. The molecule has 1 aliphatic rings. The molecule has 1 saturated heterocycles. The molecule has 0 bridgehead atoms. The van der Waals surface area contributed by atoms with Crippen molar-refractivity contribution in [3.05, 3.63) is 65.7 Å². The molecule has 1 unspecified atom stereocenters. The van der Waals surface area contributed by atoms with Crippen LogP contribution in [0.4, 0.5) is 0 Å². The van der Waals surface area contributed by atoms with Crippen LogP contribution in [0.15, 0.2) is 59.5 Å². The average molecular weight is 412 g/mol. The zero-order valence-electron chi connectivity index (χ0n) is 16.8. The molecule has 1 fully saturated rings. The largest absolute Gasteiger partial charge is 0.369 e. The Bertz CT molecular complexity index is 820. The van der Waals surface area contributed by atoms with Crippen LogP contribution in [0.1, 0.15) is 41.7 Å². The number of nitrogens with one attached hydrogen (secondary N) is 1. The first-order chi connectivity index (χ1) is 14.0. The Morgan fingerprint density at radius 3 is 2.45 bits per heavy atom. The number of nitrogens with two attached hydrogens (primary N) is 1. The van der Waals surface area contributed by atoms with E-state index in [1.54, 1.807) is 6.07 Å². The van der Waals surface area contributed by atoms with Crippen molar-refractivity contribution < 1.29 is 9.59 Å². The number of carbonyl (C=O) groups excluding carboxylic acids is 2. The predicted molar refractivity (Wildman–Crippen MR) is 118 cm³/mol. The molecule has 2 aromatic carbocycles. The molecule has 1 atom stereocenters. The van der Waals surface area contributed by atoms with E-state index in [1.807, 2.05) is 36.4 Å². The Kier molecular flexibility index (Phi) is 7.72. The average Bonchev–Trinajstić information content (AvgIpc) is 2.74. The monoisotopic (exact) mass is 411 g/mol. The summed E-state index contributed by atoms with van der Waals surface area (Å²) in [4.78, 5) is 27.3. The second-order valence-corrected chi connectivity index (χ2v) is 8.62. The van der Waals surface area contributed by atoms with Crippen molar-refractivity contribution in [3.63, 3.8) is 0 Å². The van der Waals surface area contributed by atoms with Crippen LogP contribution in [0, 0.1) is 5.92 Å². The molecule has 29 heavy (non-hydrogen) atoms. The number of benzene rings is 2. The van der Waals surface area contributed by atoms with Crippen molar-refractivity contribution in [1.29, 1.82) is 0 Å². The van der Waals surface area contributed by atoms with Crippen LogP contribution in [0.2, 0.25) is 0 Å². The minimum Gasteiger partial charge on any atom is -0.369 e. The summed E-state index contributed by atoms with van der Waals surface area (Å²) < 4.78 is 0. The lowest BCUT2D eigenvalue weighted by Gasteiger charge is -2.37. The molecule has 0 aromatic heterocycles. The first-order valence-electron chi connectivity index (χ1n) is 10.1. The van der Waals surface area contributed by atoms with Crippen LogP contribution < -0.4 is 11.1 Å². The van der Waals surface area contributed by atoms with Gasteiger partial charge in [-0.2, -0.15) is 0 Å². The molecule has 0 spiro atoms. The summed E-state index contributed by atoms with van der Waals surface area (Å²) in [6.07, 6.45) is 2.37. The van der Waals surface area contributed by atoms with Gasteiger partial charge < -0.3 is 11.1 Å². The van der Waals surface area contributed by atoms with Crippen LogP contribution in [-0.2, 0) is 4.79 Å². The number of piperidine rings is 1. The summed E-state index contributed by atoms with van der Waals surface area (Å²) >= 11 is 1.30. The van der Waals surface area contributed by atoms with Crippen molar-refractivity contribution in [2.75, 3.05) is 25.4 Å². The van der Waals surface area contributed by atoms with E-state index in [-0.39, 0.29) is 17.7 Å². The lowest BCUT2D eigenvalue weighted by atomic mass is 9.95. The summed E-state index contributed by atoms with van der Waals surface area (Å²) in [5.74, 6) is 0.395. The molecular weight excluding hydrogens is 382 g/mol. The van der Waals surface area contributed by atoms with Gasteiger partial charge in [0.15, 0.2) is 0 Å². The number of nitrogens with zero attached hydrogens (tertiary/aromatic N) is 1. The normalized spacial score (nSPS) is 16.3. The highest BCUT2D eigenvalue weighted by Crippen LogP contribution is 2.27. The molecule has 5 nitrogen and oxygen atoms in total.